The lowest BCUT2D eigenvalue weighted by molar-refractivity contribution is -0.175. The number of aromatic amines is 2. The molecule has 3 fully saturated rings. The van der Waals surface area contributed by atoms with Gasteiger partial charge in [-0.05, 0) is 84.2 Å². The van der Waals surface area contributed by atoms with Crippen molar-refractivity contribution in [3.63, 3.8) is 0 Å². The van der Waals surface area contributed by atoms with Crippen LogP contribution in [0.3, 0.4) is 0 Å². The van der Waals surface area contributed by atoms with E-state index in [1.165, 1.54) is 24.7 Å². The van der Waals surface area contributed by atoms with Gasteiger partial charge in [0, 0.05) is 63.2 Å². The number of H-pyrrole nitrogens is 2. The molecule has 2 aromatic heterocycles. The first-order valence-electron chi connectivity index (χ1n) is 25.7. The Balaban J connectivity index is 0.000000197. The van der Waals surface area contributed by atoms with E-state index in [2.05, 4.69) is 67.8 Å². The minimum atomic E-state index is -1.33. The van der Waals surface area contributed by atoms with Crippen LogP contribution in [0.15, 0.2) is 128 Å². The van der Waals surface area contributed by atoms with Crippen LogP contribution < -0.4 is 20.1 Å². The van der Waals surface area contributed by atoms with Crippen molar-refractivity contribution in [3.05, 3.63) is 167 Å². The summed E-state index contributed by atoms with van der Waals surface area (Å²) < 4.78 is 16.8. The van der Waals surface area contributed by atoms with Crippen LogP contribution >= 0.6 is 0 Å². The number of imidazole rings is 2. The number of rotatable bonds is 23. The van der Waals surface area contributed by atoms with E-state index in [0.29, 0.717) is 57.1 Å². The molecule has 6 aromatic rings. The van der Waals surface area contributed by atoms with Gasteiger partial charge in [0.2, 0.25) is 23.6 Å². The van der Waals surface area contributed by atoms with E-state index < -0.39 is 29.7 Å². The minimum Gasteiger partial charge on any atom is -0.497 e. The number of likely N-dealkylation sites (tertiary alicyclic amines) is 2. The number of aliphatic hydroxyl groups is 1. The maximum absolute atomic E-state index is 13.7. The third-order valence-corrected chi connectivity index (χ3v) is 14.4. The second kappa shape index (κ2) is 24.6. The number of ether oxygens (including phenoxy) is 3. The molecule has 1 saturated carbocycles. The number of nitrogens with one attached hydrogen (secondary N) is 4. The summed E-state index contributed by atoms with van der Waals surface area (Å²) in [5.41, 5.74) is 6.17. The van der Waals surface area contributed by atoms with E-state index in [1.54, 1.807) is 37.8 Å². The summed E-state index contributed by atoms with van der Waals surface area (Å²) in [7, 11) is 3.22. The van der Waals surface area contributed by atoms with Gasteiger partial charge in [-0.25, -0.2) is 9.97 Å². The summed E-state index contributed by atoms with van der Waals surface area (Å²) in [5.74, 6) is 1.24. The number of hydrogen-bond donors (Lipinski definition) is 5. The first-order valence-corrected chi connectivity index (χ1v) is 25.7. The van der Waals surface area contributed by atoms with Crippen LogP contribution in [0.25, 0.3) is 0 Å². The molecule has 4 aromatic carbocycles. The predicted molar refractivity (Wildman–Crippen MR) is 280 cm³/mol. The molecule has 2 saturated heterocycles. The maximum Gasteiger partial charge on any atom is 0.249 e. The molecule has 4 amide bonds. The molecule has 3 atom stereocenters. The molecule has 390 valence electrons. The number of aliphatic hydroxyl groups excluding tert-OH is 1. The number of carbonyl (C=O) groups is 4. The van der Waals surface area contributed by atoms with E-state index >= 15 is 0 Å². The van der Waals surface area contributed by atoms with Crippen molar-refractivity contribution in [2.45, 2.75) is 101 Å². The third kappa shape index (κ3) is 13.5. The first kappa shape index (κ1) is 53.0. The van der Waals surface area contributed by atoms with Gasteiger partial charge in [-0.1, -0.05) is 98.6 Å². The van der Waals surface area contributed by atoms with Gasteiger partial charge in [-0.15, -0.1) is 0 Å². The maximum atomic E-state index is 13.7. The summed E-state index contributed by atoms with van der Waals surface area (Å²) >= 11 is 0. The molecule has 74 heavy (non-hydrogen) atoms. The molecule has 16 heteroatoms. The quantitative estimate of drug-likeness (QED) is 0.0493. The molecule has 0 bridgehead atoms. The lowest BCUT2D eigenvalue weighted by atomic mass is 9.69. The number of amides is 4. The van der Waals surface area contributed by atoms with Crippen LogP contribution in [0.5, 0.6) is 11.5 Å². The van der Waals surface area contributed by atoms with Gasteiger partial charge in [0.25, 0.3) is 0 Å². The summed E-state index contributed by atoms with van der Waals surface area (Å²) in [6.45, 7) is 6.88. The van der Waals surface area contributed by atoms with Crippen molar-refractivity contribution in [2.75, 3.05) is 47.0 Å². The number of hydrogen-bond acceptors (Lipinski definition) is 10. The van der Waals surface area contributed by atoms with Gasteiger partial charge in [-0.3, -0.25) is 19.2 Å². The Morgan fingerprint density at radius 1 is 0.716 bits per heavy atom. The Morgan fingerprint density at radius 2 is 1.27 bits per heavy atom. The van der Waals surface area contributed by atoms with Crippen molar-refractivity contribution in [1.82, 2.24) is 40.4 Å². The molecule has 0 spiro atoms. The molecule has 2 aliphatic heterocycles. The molecule has 16 nitrogen and oxygen atoms in total. The summed E-state index contributed by atoms with van der Waals surface area (Å²) in [4.78, 5) is 70.8. The number of methoxy groups -OCH3 is 2. The fourth-order valence-electron chi connectivity index (χ4n) is 10.1. The van der Waals surface area contributed by atoms with Crippen LogP contribution in [0, 0.1) is 12.8 Å². The zero-order chi connectivity index (χ0) is 52.1. The van der Waals surface area contributed by atoms with E-state index in [1.807, 2.05) is 84.6 Å². The van der Waals surface area contributed by atoms with Gasteiger partial charge in [0.05, 0.1) is 51.4 Å². The molecular formula is C58H70N8O8. The lowest BCUT2D eigenvalue weighted by Gasteiger charge is -2.52. The van der Waals surface area contributed by atoms with Crippen molar-refractivity contribution in [3.8, 4) is 11.5 Å². The van der Waals surface area contributed by atoms with Gasteiger partial charge in [0.15, 0.2) is 0 Å². The number of aromatic nitrogens is 4. The molecule has 3 aliphatic rings. The number of carbonyl (C=O) groups excluding carboxylic acids is 4. The zero-order valence-corrected chi connectivity index (χ0v) is 42.9. The van der Waals surface area contributed by atoms with Gasteiger partial charge < -0.3 is 49.7 Å². The predicted octanol–water partition coefficient (Wildman–Crippen LogP) is 6.18. The van der Waals surface area contributed by atoms with Crippen molar-refractivity contribution in [2.24, 2.45) is 5.92 Å². The zero-order valence-electron chi connectivity index (χ0n) is 42.9. The Morgan fingerprint density at radius 3 is 1.81 bits per heavy atom. The normalized spacial score (nSPS) is 16.5. The molecule has 5 N–H and O–H groups in total. The second-order valence-electron chi connectivity index (χ2n) is 20.0. The SMILES string of the molecule is CCCOC1(c2ccccc2C)CN(C(=O)C(Cc2ccc(OC)cc2)NC(=O)C(O)Cc2c[nH]cn2)C1.COc1ccc(CC(NC(=O)CCc2c[nH]cn2)C(=O)N2CC(CC3CC3)(c3ccccc3)C2)cc1. The van der Waals surface area contributed by atoms with Crippen LogP contribution in [0.4, 0.5) is 0 Å². The molecule has 4 heterocycles. The largest absolute Gasteiger partial charge is 0.497 e. The molecular weight excluding hydrogens is 937 g/mol. The highest BCUT2D eigenvalue weighted by molar-refractivity contribution is 5.90. The first-order chi connectivity index (χ1) is 35.9. The molecule has 0 radical (unpaired) electrons. The van der Waals surface area contributed by atoms with Gasteiger partial charge >= 0.3 is 0 Å². The van der Waals surface area contributed by atoms with Crippen LogP contribution in [-0.4, -0.2) is 124 Å². The number of benzene rings is 4. The minimum absolute atomic E-state index is 0.0127. The fourth-order valence-corrected chi connectivity index (χ4v) is 10.1. The molecule has 1 aliphatic carbocycles. The summed E-state index contributed by atoms with van der Waals surface area (Å²) in [5, 5.41) is 16.3. The average Bonchev–Trinajstić information content (AvgIpc) is 3.77. The third-order valence-electron chi connectivity index (χ3n) is 14.4. The van der Waals surface area contributed by atoms with Crippen molar-refractivity contribution in [1.29, 1.82) is 0 Å². The van der Waals surface area contributed by atoms with Crippen LogP contribution in [0.2, 0.25) is 0 Å². The van der Waals surface area contributed by atoms with Crippen LogP contribution in [0.1, 0.15) is 78.2 Å². The van der Waals surface area contributed by atoms with Gasteiger partial charge in [0.1, 0.15) is 35.3 Å². The molecule has 9 rings (SSSR count). The number of aryl methyl sites for hydroxylation is 2. The fraction of sp³-hybridized carbons (Fsp3) is 0.414. The standard InChI is InChI=1S/C29H36N4O5.C29H34N4O3/c1-4-13-38-29(24-8-6-5-7-20(24)2)17-33(18-29)28(36)25(14-21-9-11-23(37-3)12-10-21)32-27(35)26(34)15-22-16-30-19-31-22;1-36-25-12-9-21(10-13-25)15-26(32-27(34)14-11-24-17-30-20-31-24)28(35)33-18-29(19-33,16-22-7-8-22)23-5-3-2-4-6-23/h5-12,16,19,25-26,34H,4,13-15,17-18H2,1-3H3,(H,30,31)(H,32,35);2-6,9-10,12-13,17,20,22,26H,7-8,11,14-16,18-19H2,1H3,(H,30,31)(H,32,34). The van der Waals surface area contributed by atoms with Gasteiger partial charge in [-0.2, -0.15) is 0 Å². The second-order valence-corrected chi connectivity index (χ2v) is 20.0. The summed E-state index contributed by atoms with van der Waals surface area (Å²) in [6, 6.07) is 32.2. The Kier molecular flexibility index (Phi) is 17.6. The Labute approximate surface area is 433 Å². The van der Waals surface area contributed by atoms with E-state index in [-0.39, 0.29) is 42.4 Å². The lowest BCUT2D eigenvalue weighted by Crippen LogP contribution is -2.66. The summed E-state index contributed by atoms with van der Waals surface area (Å²) in [6.07, 6.45) is 11.3. The van der Waals surface area contributed by atoms with Crippen molar-refractivity contribution >= 4 is 23.6 Å². The van der Waals surface area contributed by atoms with Crippen molar-refractivity contribution < 1.29 is 38.5 Å². The highest BCUT2D eigenvalue weighted by Crippen LogP contribution is 2.47. The highest BCUT2D eigenvalue weighted by Gasteiger charge is 2.51. The topological polar surface area (TPSA) is 204 Å². The van der Waals surface area contributed by atoms with Crippen LogP contribution in [-0.2, 0) is 60.6 Å². The van der Waals surface area contributed by atoms with E-state index in [0.717, 1.165) is 52.5 Å². The van der Waals surface area contributed by atoms with E-state index in [9.17, 15) is 24.3 Å². The Hall–Kier alpha value is -7.30. The Bertz CT molecular complexity index is 2740. The highest BCUT2D eigenvalue weighted by atomic mass is 16.5. The number of nitrogens with zero attached hydrogens (tertiary/aromatic N) is 4. The smallest absolute Gasteiger partial charge is 0.249 e. The molecule has 3 unspecified atom stereocenters. The average molecular weight is 1010 g/mol. The van der Waals surface area contributed by atoms with E-state index in [4.69, 9.17) is 14.2 Å². The monoisotopic (exact) mass is 1010 g/mol.